The van der Waals surface area contributed by atoms with Gasteiger partial charge in [-0.2, -0.15) is 0 Å². The number of thioether (sulfide) groups is 2. The van der Waals surface area contributed by atoms with E-state index in [9.17, 15) is 0 Å². The number of rotatable bonds is 8. The lowest BCUT2D eigenvalue weighted by atomic mass is 10.0. The van der Waals surface area contributed by atoms with Gasteiger partial charge in [0.15, 0.2) is 0 Å². The van der Waals surface area contributed by atoms with E-state index in [0.717, 1.165) is 15.7 Å². The van der Waals surface area contributed by atoms with Crippen LogP contribution in [0.15, 0.2) is 0 Å². The Morgan fingerprint density at radius 2 is 2.06 bits per heavy atom. The van der Waals surface area contributed by atoms with Crippen LogP contribution in [0.25, 0.3) is 0 Å². The first-order valence-corrected chi connectivity index (χ1v) is 8.64. The molecule has 0 nitrogen and oxygen atoms in total. The second-order valence-corrected chi connectivity index (χ2v) is 8.21. The lowest BCUT2D eigenvalue weighted by Gasteiger charge is -2.13. The maximum absolute atomic E-state index is 5.34. The van der Waals surface area contributed by atoms with Crippen LogP contribution in [-0.2, 0) is 0 Å². The number of hydrogen-bond acceptors (Lipinski definition) is 3. The second-order valence-electron chi connectivity index (χ2n) is 4.47. The highest BCUT2D eigenvalue weighted by atomic mass is 32.2. The Morgan fingerprint density at radius 1 is 1.35 bits per heavy atom. The van der Waals surface area contributed by atoms with Gasteiger partial charge in [-0.05, 0) is 30.9 Å². The van der Waals surface area contributed by atoms with E-state index in [0.29, 0.717) is 11.2 Å². The van der Waals surface area contributed by atoms with E-state index >= 15 is 0 Å². The van der Waals surface area contributed by atoms with E-state index in [-0.39, 0.29) is 0 Å². The minimum absolute atomic E-state index is 0.643. The summed E-state index contributed by atoms with van der Waals surface area (Å²) in [6.07, 6.45) is 11.2. The molecule has 0 aromatic heterocycles. The van der Waals surface area contributed by atoms with Gasteiger partial charge < -0.3 is 0 Å². The van der Waals surface area contributed by atoms with E-state index in [1.54, 1.807) is 0 Å². The fourth-order valence-electron chi connectivity index (χ4n) is 1.50. The summed E-state index contributed by atoms with van der Waals surface area (Å²) in [6, 6.07) is 0. The first kappa shape index (κ1) is 17.4. The third kappa shape index (κ3) is 11.2. The van der Waals surface area contributed by atoms with Gasteiger partial charge in [0.2, 0.25) is 0 Å². The monoisotopic (exact) mass is 288 g/mol. The Balaban J connectivity index is 3.55. The van der Waals surface area contributed by atoms with Gasteiger partial charge in [0.05, 0.1) is 0 Å². The molecule has 2 atom stereocenters. The summed E-state index contributed by atoms with van der Waals surface area (Å²) in [5, 5.41) is 0.643. The predicted molar refractivity (Wildman–Crippen MR) is 88.9 cm³/mol. The van der Waals surface area contributed by atoms with Crippen molar-refractivity contribution in [2.45, 2.75) is 58.1 Å². The number of thiocarbonyl (C=S) groups is 1. The molecule has 3 heteroatoms. The molecule has 0 heterocycles. The second kappa shape index (κ2) is 11.4. The van der Waals surface area contributed by atoms with E-state index < -0.39 is 0 Å². The Hall–Kier alpha value is 0.350. The van der Waals surface area contributed by atoms with Crippen LogP contribution in [-0.4, -0.2) is 14.5 Å². The summed E-state index contributed by atoms with van der Waals surface area (Å²) >= 11 is 9.02. The molecule has 0 aromatic carbocycles. The summed E-state index contributed by atoms with van der Waals surface area (Å²) in [7, 11) is 0. The van der Waals surface area contributed by atoms with Gasteiger partial charge in [0, 0.05) is 11.7 Å². The third-order valence-corrected chi connectivity index (χ3v) is 5.46. The van der Waals surface area contributed by atoms with E-state index in [1.807, 2.05) is 23.5 Å². The molecule has 0 spiro atoms. The zero-order valence-electron chi connectivity index (χ0n) is 11.2. The van der Waals surface area contributed by atoms with Gasteiger partial charge >= 0.3 is 0 Å². The highest BCUT2D eigenvalue weighted by molar-refractivity contribution is 8.47. The van der Waals surface area contributed by atoms with Crippen molar-refractivity contribution in [3.63, 3.8) is 0 Å². The average Bonchev–Trinajstić information content (AvgIpc) is 2.26. The Bertz CT molecular complexity index is 242. The molecule has 0 N–H and O–H groups in total. The zero-order valence-corrected chi connectivity index (χ0v) is 13.6. The summed E-state index contributed by atoms with van der Waals surface area (Å²) in [5.74, 6) is 4.55. The van der Waals surface area contributed by atoms with Gasteiger partial charge in [0.25, 0.3) is 0 Å². The van der Waals surface area contributed by atoms with Gasteiger partial charge in [-0.15, -0.1) is 35.9 Å². The molecule has 0 saturated heterocycles. The smallest absolute Gasteiger partial charge is 0.104 e. The summed E-state index contributed by atoms with van der Waals surface area (Å²) in [5.41, 5.74) is 0. The quantitative estimate of drug-likeness (QED) is 0.435. The fourth-order valence-corrected chi connectivity index (χ4v) is 4.24. The standard InChI is InChI=1S/C14H24S3/c1-5-8-12(3)9-7-10-13(4)17-14(15)16-11-6-2/h1,12-13H,6-11H2,2-4H3. The van der Waals surface area contributed by atoms with Crippen LogP contribution in [0.3, 0.4) is 0 Å². The maximum Gasteiger partial charge on any atom is 0.104 e. The molecular weight excluding hydrogens is 264 g/mol. The summed E-state index contributed by atoms with van der Waals surface area (Å²) < 4.78 is 1.11. The SMILES string of the molecule is C#CCC(C)CCCC(C)SC(=S)SCCC. The van der Waals surface area contributed by atoms with Crippen molar-refractivity contribution in [3.8, 4) is 12.3 Å². The minimum atomic E-state index is 0.643. The lowest BCUT2D eigenvalue weighted by Crippen LogP contribution is -2.01. The molecule has 0 aliphatic heterocycles. The van der Waals surface area contributed by atoms with Crippen molar-refractivity contribution in [2.75, 3.05) is 5.75 Å². The van der Waals surface area contributed by atoms with Crippen molar-refractivity contribution in [1.82, 2.24) is 0 Å². The first-order valence-electron chi connectivity index (χ1n) is 6.37. The maximum atomic E-state index is 5.34. The molecule has 0 aliphatic rings. The molecule has 17 heavy (non-hydrogen) atoms. The molecule has 0 saturated carbocycles. The lowest BCUT2D eigenvalue weighted by molar-refractivity contribution is 0.509. The van der Waals surface area contributed by atoms with E-state index in [1.165, 1.54) is 25.7 Å². The zero-order chi connectivity index (χ0) is 13.1. The number of hydrogen-bond donors (Lipinski definition) is 0. The first-order chi connectivity index (χ1) is 8.10. The molecule has 2 unspecified atom stereocenters. The average molecular weight is 289 g/mol. The fraction of sp³-hybridized carbons (Fsp3) is 0.786. The Kier molecular flexibility index (Phi) is 11.7. The minimum Gasteiger partial charge on any atom is -0.120 e. The van der Waals surface area contributed by atoms with Crippen molar-refractivity contribution in [2.24, 2.45) is 5.92 Å². The molecule has 0 aliphatic carbocycles. The predicted octanol–water partition coefficient (Wildman–Crippen LogP) is 5.37. The van der Waals surface area contributed by atoms with Crippen molar-refractivity contribution in [3.05, 3.63) is 0 Å². The topological polar surface area (TPSA) is 0 Å². The van der Waals surface area contributed by atoms with Crippen LogP contribution in [0, 0.1) is 18.3 Å². The van der Waals surface area contributed by atoms with Crippen LogP contribution in [0.4, 0.5) is 0 Å². The van der Waals surface area contributed by atoms with E-state index in [2.05, 4.69) is 26.7 Å². The van der Waals surface area contributed by atoms with Gasteiger partial charge in [-0.1, -0.05) is 39.4 Å². The van der Waals surface area contributed by atoms with Crippen LogP contribution in [0.1, 0.15) is 52.9 Å². The van der Waals surface area contributed by atoms with Crippen molar-refractivity contribution in [1.29, 1.82) is 0 Å². The van der Waals surface area contributed by atoms with Crippen LogP contribution >= 0.6 is 35.7 Å². The highest BCUT2D eigenvalue weighted by Gasteiger charge is 2.08. The molecule has 0 amide bonds. The third-order valence-electron chi connectivity index (χ3n) is 2.50. The normalized spacial score (nSPS) is 14.0. The van der Waals surface area contributed by atoms with Crippen molar-refractivity contribution < 1.29 is 0 Å². The van der Waals surface area contributed by atoms with Gasteiger partial charge in [-0.25, -0.2) is 0 Å². The van der Waals surface area contributed by atoms with Gasteiger partial charge in [0.1, 0.15) is 3.53 Å². The summed E-state index contributed by atoms with van der Waals surface area (Å²) in [4.78, 5) is 0. The molecule has 0 fully saturated rings. The molecular formula is C14H24S3. The molecule has 98 valence electrons. The van der Waals surface area contributed by atoms with Crippen LogP contribution in [0.5, 0.6) is 0 Å². The van der Waals surface area contributed by atoms with Crippen molar-refractivity contribution >= 4 is 39.3 Å². The van der Waals surface area contributed by atoms with E-state index in [4.69, 9.17) is 18.6 Å². The summed E-state index contributed by atoms with van der Waals surface area (Å²) in [6.45, 7) is 6.70. The molecule has 0 rings (SSSR count). The molecule has 0 aromatic rings. The molecule has 0 bridgehead atoms. The van der Waals surface area contributed by atoms with Gasteiger partial charge in [-0.3, -0.25) is 0 Å². The Labute approximate surface area is 121 Å². The highest BCUT2D eigenvalue weighted by Crippen LogP contribution is 2.26. The molecule has 0 radical (unpaired) electrons. The Morgan fingerprint density at radius 3 is 2.65 bits per heavy atom. The largest absolute Gasteiger partial charge is 0.120 e. The van der Waals surface area contributed by atoms with Crippen LogP contribution in [0.2, 0.25) is 0 Å². The number of terminal acetylenes is 1. The van der Waals surface area contributed by atoms with Crippen LogP contribution < -0.4 is 0 Å².